The first-order valence-electron chi connectivity index (χ1n) is 7.79. The fraction of sp³-hybridized carbons (Fsp3) is 0.0526. The van der Waals surface area contributed by atoms with Crippen molar-refractivity contribution in [1.29, 1.82) is 0 Å². The highest BCUT2D eigenvalue weighted by molar-refractivity contribution is 6.03. The molecule has 1 aromatic heterocycles. The number of rotatable bonds is 4. The van der Waals surface area contributed by atoms with Gasteiger partial charge in [-0.15, -0.1) is 0 Å². The SMILES string of the molecule is Cc1ccc(C(=O)Nc2ccc(F)cc2F)nc1Nc1ccc(F)cc1F. The third-order valence-electron chi connectivity index (χ3n) is 3.69. The van der Waals surface area contributed by atoms with Crippen molar-refractivity contribution in [3.05, 3.63) is 83.1 Å². The Morgan fingerprint density at radius 3 is 2.04 bits per heavy atom. The van der Waals surface area contributed by atoms with Crippen molar-refractivity contribution in [2.45, 2.75) is 6.92 Å². The van der Waals surface area contributed by atoms with Crippen LogP contribution in [0.3, 0.4) is 0 Å². The largest absolute Gasteiger partial charge is 0.338 e. The van der Waals surface area contributed by atoms with E-state index in [0.717, 1.165) is 18.2 Å². The first-order valence-corrected chi connectivity index (χ1v) is 7.79. The maximum absolute atomic E-state index is 13.8. The molecule has 27 heavy (non-hydrogen) atoms. The summed E-state index contributed by atoms with van der Waals surface area (Å²) in [7, 11) is 0. The molecule has 0 atom stereocenters. The molecule has 0 saturated carbocycles. The van der Waals surface area contributed by atoms with Gasteiger partial charge in [-0.25, -0.2) is 22.5 Å². The number of carbonyl (C=O) groups excluding carboxylic acids is 1. The van der Waals surface area contributed by atoms with E-state index < -0.39 is 29.2 Å². The van der Waals surface area contributed by atoms with Crippen LogP contribution >= 0.6 is 0 Å². The molecule has 0 aliphatic rings. The minimum Gasteiger partial charge on any atom is -0.338 e. The van der Waals surface area contributed by atoms with Crippen LogP contribution < -0.4 is 10.6 Å². The molecular weight excluding hydrogens is 362 g/mol. The van der Waals surface area contributed by atoms with Gasteiger partial charge in [0.2, 0.25) is 0 Å². The predicted molar refractivity (Wildman–Crippen MR) is 92.9 cm³/mol. The minimum atomic E-state index is -0.929. The number of halogens is 4. The van der Waals surface area contributed by atoms with Gasteiger partial charge in [0.15, 0.2) is 0 Å². The van der Waals surface area contributed by atoms with Gasteiger partial charge in [0.25, 0.3) is 5.91 Å². The number of pyridine rings is 1. The smallest absolute Gasteiger partial charge is 0.274 e. The van der Waals surface area contributed by atoms with Gasteiger partial charge in [-0.1, -0.05) is 6.07 Å². The van der Waals surface area contributed by atoms with E-state index in [0.29, 0.717) is 17.7 Å². The zero-order valence-corrected chi connectivity index (χ0v) is 14.0. The van der Waals surface area contributed by atoms with Crippen molar-refractivity contribution >= 4 is 23.1 Å². The van der Waals surface area contributed by atoms with Gasteiger partial charge in [0, 0.05) is 12.1 Å². The summed E-state index contributed by atoms with van der Waals surface area (Å²) in [5.74, 6) is -3.80. The van der Waals surface area contributed by atoms with E-state index in [4.69, 9.17) is 0 Å². The molecule has 0 bridgehead atoms. The summed E-state index contributed by atoms with van der Waals surface area (Å²) in [5, 5.41) is 4.98. The number of hydrogen-bond acceptors (Lipinski definition) is 3. The summed E-state index contributed by atoms with van der Waals surface area (Å²) < 4.78 is 53.4. The molecule has 2 aromatic carbocycles. The molecule has 8 heteroatoms. The third kappa shape index (κ3) is 4.22. The number of aromatic nitrogens is 1. The van der Waals surface area contributed by atoms with Crippen LogP contribution in [0, 0.1) is 30.2 Å². The molecule has 0 unspecified atom stereocenters. The number of amides is 1. The lowest BCUT2D eigenvalue weighted by atomic mass is 10.2. The van der Waals surface area contributed by atoms with Crippen LogP contribution in [0.25, 0.3) is 0 Å². The molecule has 3 rings (SSSR count). The topological polar surface area (TPSA) is 54.0 Å². The Kier molecular flexibility index (Phi) is 5.07. The maximum Gasteiger partial charge on any atom is 0.274 e. The Morgan fingerprint density at radius 1 is 0.852 bits per heavy atom. The van der Waals surface area contributed by atoms with Gasteiger partial charge in [-0.05, 0) is 42.8 Å². The van der Waals surface area contributed by atoms with Crippen molar-refractivity contribution in [3.63, 3.8) is 0 Å². The van der Waals surface area contributed by atoms with Crippen molar-refractivity contribution in [2.24, 2.45) is 0 Å². The highest BCUT2D eigenvalue weighted by Gasteiger charge is 2.14. The lowest BCUT2D eigenvalue weighted by molar-refractivity contribution is 0.102. The molecule has 0 spiro atoms. The monoisotopic (exact) mass is 375 g/mol. The molecule has 0 aliphatic heterocycles. The summed E-state index contributed by atoms with van der Waals surface area (Å²) in [6.45, 7) is 1.68. The fourth-order valence-corrected chi connectivity index (χ4v) is 2.28. The Morgan fingerprint density at radius 2 is 1.44 bits per heavy atom. The van der Waals surface area contributed by atoms with Gasteiger partial charge in [-0.3, -0.25) is 4.79 Å². The first-order chi connectivity index (χ1) is 12.8. The molecule has 0 aliphatic carbocycles. The van der Waals surface area contributed by atoms with Crippen molar-refractivity contribution in [2.75, 3.05) is 10.6 Å². The summed E-state index contributed by atoms with van der Waals surface area (Å²) in [5.41, 5.74) is 0.301. The molecule has 1 heterocycles. The van der Waals surface area contributed by atoms with E-state index >= 15 is 0 Å². The molecule has 3 aromatic rings. The number of aryl methyl sites for hydroxylation is 1. The molecule has 0 radical (unpaired) electrons. The number of hydrogen-bond donors (Lipinski definition) is 2. The zero-order chi connectivity index (χ0) is 19.6. The Balaban J connectivity index is 1.84. The quantitative estimate of drug-likeness (QED) is 0.635. The summed E-state index contributed by atoms with van der Waals surface area (Å²) in [6.07, 6.45) is 0. The van der Waals surface area contributed by atoms with E-state index in [1.807, 2.05) is 0 Å². The van der Waals surface area contributed by atoms with Crippen LogP contribution in [-0.2, 0) is 0 Å². The van der Waals surface area contributed by atoms with Crippen LogP contribution in [0.1, 0.15) is 16.1 Å². The molecule has 0 saturated heterocycles. The summed E-state index contributed by atoms with van der Waals surface area (Å²) in [6, 6.07) is 8.69. The zero-order valence-electron chi connectivity index (χ0n) is 14.0. The lowest BCUT2D eigenvalue weighted by Gasteiger charge is -2.12. The number of carbonyl (C=O) groups is 1. The molecule has 138 valence electrons. The molecule has 4 nitrogen and oxygen atoms in total. The maximum atomic E-state index is 13.8. The molecular formula is C19H13F4N3O. The summed E-state index contributed by atoms with van der Waals surface area (Å²) in [4.78, 5) is 16.4. The van der Waals surface area contributed by atoms with Crippen LogP contribution in [0.2, 0.25) is 0 Å². The average Bonchev–Trinajstić information content (AvgIpc) is 2.61. The number of benzene rings is 2. The van der Waals surface area contributed by atoms with Gasteiger partial charge >= 0.3 is 0 Å². The van der Waals surface area contributed by atoms with Crippen LogP contribution in [-0.4, -0.2) is 10.9 Å². The van der Waals surface area contributed by atoms with Gasteiger partial charge < -0.3 is 10.6 Å². The fourth-order valence-electron chi connectivity index (χ4n) is 2.28. The predicted octanol–water partition coefficient (Wildman–Crippen LogP) is 4.94. The van der Waals surface area contributed by atoms with E-state index in [9.17, 15) is 22.4 Å². The Bertz CT molecular complexity index is 1020. The standard InChI is InChI=1S/C19H13F4N3O/c1-10-2-5-17(19(27)26-16-7-4-12(21)9-14(16)23)25-18(10)24-15-6-3-11(20)8-13(15)22/h2-9H,1H3,(H,24,25)(H,26,27). The second kappa shape index (κ2) is 7.45. The van der Waals surface area contributed by atoms with Crippen LogP contribution in [0.4, 0.5) is 34.8 Å². The van der Waals surface area contributed by atoms with Crippen LogP contribution in [0.5, 0.6) is 0 Å². The molecule has 1 amide bonds. The van der Waals surface area contributed by atoms with E-state index in [-0.39, 0.29) is 22.9 Å². The van der Waals surface area contributed by atoms with Crippen molar-refractivity contribution < 1.29 is 22.4 Å². The highest BCUT2D eigenvalue weighted by atomic mass is 19.1. The second-order valence-corrected chi connectivity index (χ2v) is 5.69. The number of nitrogens with zero attached hydrogens (tertiary/aromatic N) is 1. The summed E-state index contributed by atoms with van der Waals surface area (Å²) >= 11 is 0. The molecule has 0 fully saturated rings. The van der Waals surface area contributed by atoms with Gasteiger partial charge in [0.05, 0.1) is 11.4 Å². The van der Waals surface area contributed by atoms with Gasteiger partial charge in [-0.2, -0.15) is 0 Å². The minimum absolute atomic E-state index is 0.0193. The van der Waals surface area contributed by atoms with E-state index in [1.54, 1.807) is 13.0 Å². The Labute approximate surface area is 151 Å². The first kappa shape index (κ1) is 18.4. The van der Waals surface area contributed by atoms with E-state index in [1.165, 1.54) is 12.1 Å². The average molecular weight is 375 g/mol. The van der Waals surface area contributed by atoms with Gasteiger partial charge in [0.1, 0.15) is 34.8 Å². The normalized spacial score (nSPS) is 10.6. The van der Waals surface area contributed by atoms with E-state index in [2.05, 4.69) is 15.6 Å². The number of nitrogens with one attached hydrogen (secondary N) is 2. The number of anilines is 3. The Hall–Kier alpha value is -3.42. The van der Waals surface area contributed by atoms with Crippen molar-refractivity contribution in [1.82, 2.24) is 4.98 Å². The molecule has 2 N–H and O–H groups in total. The third-order valence-corrected chi connectivity index (χ3v) is 3.69. The second-order valence-electron chi connectivity index (χ2n) is 5.69. The lowest BCUT2D eigenvalue weighted by Crippen LogP contribution is -2.15. The van der Waals surface area contributed by atoms with Crippen LogP contribution in [0.15, 0.2) is 48.5 Å². The van der Waals surface area contributed by atoms with Crippen molar-refractivity contribution in [3.8, 4) is 0 Å². The highest BCUT2D eigenvalue weighted by Crippen LogP contribution is 2.23.